The first-order chi connectivity index (χ1) is 12.3. The molecular formula is C19H25NO5S. The van der Waals surface area contributed by atoms with Crippen molar-refractivity contribution < 1.29 is 23.1 Å². The lowest BCUT2D eigenvalue weighted by atomic mass is 9.84. The number of amides is 1. The summed E-state index contributed by atoms with van der Waals surface area (Å²) in [4.78, 5) is 26.4. The van der Waals surface area contributed by atoms with E-state index < -0.39 is 21.8 Å². The molecule has 3 rings (SSSR count). The van der Waals surface area contributed by atoms with Gasteiger partial charge in [0.1, 0.15) is 6.04 Å². The fraction of sp³-hybridized carbons (Fsp3) is 0.579. The summed E-state index contributed by atoms with van der Waals surface area (Å²) in [5, 5.41) is 9.56. The van der Waals surface area contributed by atoms with E-state index in [0.717, 1.165) is 25.7 Å². The fourth-order valence-electron chi connectivity index (χ4n) is 4.31. The van der Waals surface area contributed by atoms with E-state index in [1.807, 2.05) is 0 Å². The van der Waals surface area contributed by atoms with Gasteiger partial charge in [-0.05, 0) is 55.9 Å². The van der Waals surface area contributed by atoms with Crippen LogP contribution >= 0.6 is 0 Å². The fourth-order valence-corrected chi connectivity index (χ4v) is 5.64. The highest BCUT2D eigenvalue weighted by atomic mass is 32.2. The van der Waals surface area contributed by atoms with Crippen molar-refractivity contribution in [1.82, 2.24) is 4.90 Å². The third kappa shape index (κ3) is 3.49. The van der Waals surface area contributed by atoms with Crippen molar-refractivity contribution in [1.29, 1.82) is 0 Å². The van der Waals surface area contributed by atoms with Crippen LogP contribution < -0.4 is 0 Å². The number of nitrogens with zero attached hydrogens (tertiary/aromatic N) is 1. The summed E-state index contributed by atoms with van der Waals surface area (Å²) in [5.41, 5.74) is 0.345. The molecule has 1 aromatic carbocycles. The summed E-state index contributed by atoms with van der Waals surface area (Å²) in [7, 11) is -3.33. The van der Waals surface area contributed by atoms with Crippen LogP contribution in [-0.4, -0.2) is 48.1 Å². The number of carbonyl (C=O) groups is 2. The molecule has 1 aliphatic carbocycles. The topological polar surface area (TPSA) is 91.8 Å². The number of aliphatic carboxylic acids is 1. The maximum absolute atomic E-state index is 13.0. The molecule has 2 aliphatic rings. The maximum atomic E-state index is 13.0. The lowest BCUT2D eigenvalue weighted by Crippen LogP contribution is -2.46. The molecule has 7 heteroatoms. The second kappa shape index (κ2) is 7.39. The van der Waals surface area contributed by atoms with Crippen LogP contribution in [0.15, 0.2) is 29.2 Å². The molecule has 1 saturated heterocycles. The minimum atomic E-state index is -3.33. The number of rotatable bonds is 5. The van der Waals surface area contributed by atoms with Crippen molar-refractivity contribution in [3.63, 3.8) is 0 Å². The largest absolute Gasteiger partial charge is 0.480 e. The molecule has 1 amide bonds. The summed E-state index contributed by atoms with van der Waals surface area (Å²) in [6, 6.07) is 5.07. The minimum absolute atomic E-state index is 0.0270. The lowest BCUT2D eigenvalue weighted by Gasteiger charge is -2.33. The average Bonchev–Trinajstić information content (AvgIpc) is 3.01. The standard InChI is InChI=1S/C19H25NO5S/c1-2-11-26(24,25)15-9-7-13(8-10-15)18(21)20-16-6-4-3-5-14(16)12-17(20)19(22)23/h7-10,14,16-17H,2-6,11-12H2,1H3,(H,22,23)/t14-,16-,17+/m1/s1. The summed E-state index contributed by atoms with van der Waals surface area (Å²) in [5.74, 6) is -0.962. The Kier molecular flexibility index (Phi) is 5.37. The second-order valence-electron chi connectivity index (χ2n) is 7.26. The Hall–Kier alpha value is -1.89. The molecule has 1 aromatic rings. The number of carboxylic acid groups (broad SMARTS) is 1. The predicted molar refractivity (Wildman–Crippen MR) is 96.7 cm³/mol. The molecule has 6 nitrogen and oxygen atoms in total. The van der Waals surface area contributed by atoms with Gasteiger partial charge in [-0.2, -0.15) is 0 Å². The van der Waals surface area contributed by atoms with E-state index in [-0.39, 0.29) is 28.5 Å². The van der Waals surface area contributed by atoms with Crippen LogP contribution in [0.1, 0.15) is 55.8 Å². The smallest absolute Gasteiger partial charge is 0.326 e. The van der Waals surface area contributed by atoms with Gasteiger partial charge in [0.25, 0.3) is 5.91 Å². The van der Waals surface area contributed by atoms with Crippen molar-refractivity contribution in [2.24, 2.45) is 5.92 Å². The third-order valence-corrected chi connectivity index (χ3v) is 7.48. The van der Waals surface area contributed by atoms with Crippen molar-refractivity contribution in [2.45, 2.75) is 62.4 Å². The molecule has 1 saturated carbocycles. The average molecular weight is 379 g/mol. The van der Waals surface area contributed by atoms with Gasteiger partial charge in [0.15, 0.2) is 9.84 Å². The first kappa shape index (κ1) is 18.9. The van der Waals surface area contributed by atoms with E-state index in [0.29, 0.717) is 18.4 Å². The van der Waals surface area contributed by atoms with Crippen LogP contribution in [-0.2, 0) is 14.6 Å². The summed E-state index contributed by atoms with van der Waals surface area (Å²) < 4.78 is 24.3. The van der Waals surface area contributed by atoms with Gasteiger partial charge in [-0.15, -0.1) is 0 Å². The van der Waals surface area contributed by atoms with Gasteiger partial charge in [-0.25, -0.2) is 13.2 Å². The van der Waals surface area contributed by atoms with Gasteiger partial charge in [0.05, 0.1) is 10.6 Å². The Morgan fingerprint density at radius 2 is 1.81 bits per heavy atom. The van der Waals surface area contributed by atoms with Gasteiger partial charge in [-0.3, -0.25) is 4.79 Å². The number of sulfone groups is 1. The third-order valence-electron chi connectivity index (χ3n) is 5.54. The van der Waals surface area contributed by atoms with Crippen LogP contribution in [0, 0.1) is 5.92 Å². The second-order valence-corrected chi connectivity index (χ2v) is 9.37. The number of benzene rings is 1. The first-order valence-corrected chi connectivity index (χ1v) is 10.9. The zero-order chi connectivity index (χ0) is 18.9. The molecule has 0 unspecified atom stereocenters. The number of hydrogen-bond acceptors (Lipinski definition) is 4. The number of hydrogen-bond donors (Lipinski definition) is 1. The number of carbonyl (C=O) groups excluding carboxylic acids is 1. The van der Waals surface area contributed by atoms with Gasteiger partial charge < -0.3 is 10.0 Å². The monoisotopic (exact) mass is 379 g/mol. The number of carboxylic acids is 1. The Morgan fingerprint density at radius 3 is 2.42 bits per heavy atom. The number of likely N-dealkylation sites (tertiary alicyclic amines) is 1. The maximum Gasteiger partial charge on any atom is 0.326 e. The van der Waals surface area contributed by atoms with E-state index in [4.69, 9.17) is 0 Å². The molecule has 3 atom stereocenters. The minimum Gasteiger partial charge on any atom is -0.480 e. The van der Waals surface area contributed by atoms with Crippen LogP contribution in [0.4, 0.5) is 0 Å². The van der Waals surface area contributed by atoms with Crippen LogP contribution in [0.2, 0.25) is 0 Å². The molecule has 0 bridgehead atoms. The lowest BCUT2D eigenvalue weighted by molar-refractivity contribution is -0.141. The molecule has 1 aliphatic heterocycles. The van der Waals surface area contributed by atoms with E-state index >= 15 is 0 Å². The highest BCUT2D eigenvalue weighted by Crippen LogP contribution is 2.40. The zero-order valence-corrected chi connectivity index (χ0v) is 15.7. The Bertz CT molecular complexity index is 787. The van der Waals surface area contributed by atoms with Crippen molar-refractivity contribution in [3.05, 3.63) is 29.8 Å². The van der Waals surface area contributed by atoms with Gasteiger partial charge >= 0.3 is 5.97 Å². The zero-order valence-electron chi connectivity index (χ0n) is 14.9. The van der Waals surface area contributed by atoms with Gasteiger partial charge in [0, 0.05) is 11.6 Å². The summed E-state index contributed by atoms with van der Waals surface area (Å²) >= 11 is 0. The van der Waals surface area contributed by atoms with E-state index in [1.54, 1.807) is 6.92 Å². The highest BCUT2D eigenvalue weighted by molar-refractivity contribution is 7.91. The Morgan fingerprint density at radius 1 is 1.15 bits per heavy atom. The number of fused-ring (bicyclic) bond motifs is 1. The normalized spacial score (nSPS) is 25.7. The van der Waals surface area contributed by atoms with Crippen LogP contribution in [0.3, 0.4) is 0 Å². The first-order valence-electron chi connectivity index (χ1n) is 9.23. The van der Waals surface area contributed by atoms with E-state index in [1.165, 1.54) is 29.2 Å². The summed E-state index contributed by atoms with van der Waals surface area (Å²) in [6.45, 7) is 1.80. The van der Waals surface area contributed by atoms with Crippen molar-refractivity contribution >= 4 is 21.7 Å². The van der Waals surface area contributed by atoms with Crippen LogP contribution in [0.25, 0.3) is 0 Å². The van der Waals surface area contributed by atoms with Crippen molar-refractivity contribution in [3.8, 4) is 0 Å². The van der Waals surface area contributed by atoms with Gasteiger partial charge in [0.2, 0.25) is 0 Å². The Balaban J connectivity index is 1.86. The SMILES string of the molecule is CCCS(=O)(=O)c1ccc(C(=O)N2[C@@H]3CCCC[C@@H]3C[C@H]2C(=O)O)cc1. The molecule has 0 spiro atoms. The van der Waals surface area contributed by atoms with Gasteiger partial charge in [-0.1, -0.05) is 19.8 Å². The quantitative estimate of drug-likeness (QED) is 0.849. The molecule has 1 N–H and O–H groups in total. The molecular weight excluding hydrogens is 354 g/mol. The van der Waals surface area contributed by atoms with E-state index in [2.05, 4.69) is 0 Å². The molecule has 0 radical (unpaired) electrons. The highest BCUT2D eigenvalue weighted by Gasteiger charge is 2.47. The molecule has 142 valence electrons. The van der Waals surface area contributed by atoms with E-state index in [9.17, 15) is 23.1 Å². The molecule has 0 aromatic heterocycles. The molecule has 2 fully saturated rings. The van der Waals surface area contributed by atoms with Crippen LogP contribution in [0.5, 0.6) is 0 Å². The Labute approximate surface area is 154 Å². The molecule has 1 heterocycles. The van der Waals surface area contributed by atoms with Crippen molar-refractivity contribution in [2.75, 3.05) is 5.75 Å². The predicted octanol–water partition coefficient (Wildman–Crippen LogP) is 2.73. The summed E-state index contributed by atoms with van der Waals surface area (Å²) in [6.07, 6.45) is 4.93. The molecule has 26 heavy (non-hydrogen) atoms.